The van der Waals surface area contributed by atoms with E-state index in [4.69, 9.17) is 15.2 Å². The van der Waals surface area contributed by atoms with Crippen LogP contribution < -0.4 is 11.1 Å². The predicted molar refractivity (Wildman–Crippen MR) is 111 cm³/mol. The maximum Gasteiger partial charge on any atom is 0.516 e. The molecule has 2 aromatic rings. The lowest BCUT2D eigenvalue weighted by Crippen LogP contribution is -2.44. The van der Waals surface area contributed by atoms with Gasteiger partial charge in [-0.1, -0.05) is 30.3 Å². The average molecular weight is 446 g/mol. The fourth-order valence-corrected chi connectivity index (χ4v) is 2.37. The predicted octanol–water partition coefficient (Wildman–Crippen LogP) is 1.53. The van der Waals surface area contributed by atoms with Crippen LogP contribution in [0.25, 0.3) is 0 Å². The summed E-state index contributed by atoms with van der Waals surface area (Å²) in [6, 6.07) is 8.13. The molecule has 3 N–H and O–H groups in total. The van der Waals surface area contributed by atoms with E-state index in [9.17, 15) is 19.2 Å². The molecule has 0 aliphatic carbocycles. The van der Waals surface area contributed by atoms with Crippen LogP contribution in [-0.4, -0.2) is 51.9 Å². The summed E-state index contributed by atoms with van der Waals surface area (Å²) < 4.78 is 15.6. The van der Waals surface area contributed by atoms with Gasteiger partial charge >= 0.3 is 18.2 Å². The molecule has 1 aromatic carbocycles. The molecule has 0 spiro atoms. The average Bonchev–Trinajstić information content (AvgIpc) is 3.18. The van der Waals surface area contributed by atoms with E-state index >= 15 is 0 Å². The highest BCUT2D eigenvalue weighted by atomic mass is 16.7. The molecule has 1 amide bonds. The van der Waals surface area contributed by atoms with E-state index in [1.165, 1.54) is 12.5 Å². The molecule has 1 heterocycles. The van der Waals surface area contributed by atoms with E-state index in [2.05, 4.69) is 15.0 Å². The monoisotopic (exact) mass is 446 g/mol. The maximum atomic E-state index is 12.1. The van der Waals surface area contributed by atoms with Crippen molar-refractivity contribution in [3.8, 4) is 0 Å². The Kier molecular flexibility index (Phi) is 8.47. The number of hydrogen-bond donors (Lipinski definition) is 2. The minimum absolute atomic E-state index is 0.00587. The lowest BCUT2D eigenvalue weighted by atomic mass is 10.1. The first kappa shape index (κ1) is 24.5. The molecular formula is C21H26N4O7. The molecule has 2 rings (SSSR count). The molecule has 32 heavy (non-hydrogen) atoms. The minimum atomic E-state index is -1.16. The molecule has 0 radical (unpaired) electrons. The van der Waals surface area contributed by atoms with Gasteiger partial charge in [0.15, 0.2) is 0 Å². The Hall–Kier alpha value is -3.73. The summed E-state index contributed by atoms with van der Waals surface area (Å²) in [5, 5.41) is 2.27. The van der Waals surface area contributed by atoms with Crippen LogP contribution in [0.5, 0.6) is 0 Å². The Balaban J connectivity index is 1.76. The van der Waals surface area contributed by atoms with Crippen LogP contribution in [0.1, 0.15) is 32.0 Å². The highest BCUT2D eigenvalue weighted by Gasteiger charge is 2.22. The van der Waals surface area contributed by atoms with E-state index in [-0.39, 0.29) is 13.0 Å². The summed E-state index contributed by atoms with van der Waals surface area (Å²) in [4.78, 5) is 51.3. The van der Waals surface area contributed by atoms with E-state index in [0.29, 0.717) is 5.69 Å². The van der Waals surface area contributed by atoms with Gasteiger partial charge in [0, 0.05) is 12.6 Å². The number of rotatable bonds is 7. The van der Waals surface area contributed by atoms with Gasteiger partial charge in [-0.05, 0) is 26.3 Å². The van der Waals surface area contributed by atoms with Crippen molar-refractivity contribution in [2.45, 2.75) is 45.4 Å². The molecule has 0 aliphatic heterocycles. The number of nitrogens with two attached hydrogens (primary N) is 1. The zero-order chi connectivity index (χ0) is 23.7. The number of imidazole rings is 1. The smallest absolute Gasteiger partial charge is 0.444 e. The molecule has 0 unspecified atom stereocenters. The van der Waals surface area contributed by atoms with Gasteiger partial charge in [-0.3, -0.25) is 4.79 Å². The fourth-order valence-electron chi connectivity index (χ4n) is 2.37. The van der Waals surface area contributed by atoms with Crippen molar-refractivity contribution in [1.82, 2.24) is 14.9 Å². The second kappa shape index (κ2) is 11.0. The number of hydrogen-bond acceptors (Lipinski definition) is 9. The standard InChI is InChI=1S/C21H26N4O7/c1-21(2,3)32-20(29)31-17(26)10-23-18(27)16(22)9-15-11-25(13-24-15)19(28)30-12-14-7-5-4-6-8-14/h4-8,11,13,16H,9-10,12,22H2,1-3H3,(H,23,27)/t16-/m0/s1. The first-order valence-electron chi connectivity index (χ1n) is 9.74. The second-order valence-corrected chi connectivity index (χ2v) is 7.78. The third-order valence-corrected chi connectivity index (χ3v) is 3.81. The number of nitrogens with one attached hydrogen (secondary N) is 1. The Morgan fingerprint density at radius 2 is 1.84 bits per heavy atom. The number of ether oxygens (including phenoxy) is 3. The quantitative estimate of drug-likeness (QED) is 0.476. The molecule has 0 aliphatic rings. The Bertz CT molecular complexity index is 951. The molecule has 0 saturated heterocycles. The topological polar surface area (TPSA) is 152 Å². The number of amides is 1. The van der Waals surface area contributed by atoms with Crippen molar-refractivity contribution >= 4 is 24.1 Å². The normalized spacial score (nSPS) is 11.9. The maximum absolute atomic E-state index is 12.1. The molecule has 1 atom stereocenters. The lowest BCUT2D eigenvalue weighted by Gasteiger charge is -2.18. The van der Waals surface area contributed by atoms with Crippen molar-refractivity contribution < 1.29 is 33.4 Å². The zero-order valence-electron chi connectivity index (χ0n) is 18.1. The summed E-state index contributed by atoms with van der Waals surface area (Å²) in [6.07, 6.45) is 0.871. The Morgan fingerprint density at radius 1 is 1.16 bits per heavy atom. The van der Waals surface area contributed by atoms with Gasteiger partial charge in [0.2, 0.25) is 5.91 Å². The van der Waals surface area contributed by atoms with Crippen LogP contribution in [0.4, 0.5) is 9.59 Å². The number of carbonyl (C=O) groups is 4. The van der Waals surface area contributed by atoms with E-state index < -0.39 is 42.3 Å². The molecule has 172 valence electrons. The molecule has 11 nitrogen and oxygen atoms in total. The molecule has 0 saturated carbocycles. The van der Waals surface area contributed by atoms with Gasteiger partial charge < -0.3 is 25.3 Å². The summed E-state index contributed by atoms with van der Waals surface area (Å²) in [5.41, 5.74) is 6.21. The SMILES string of the molecule is CC(C)(C)OC(=O)OC(=O)CNC(=O)[C@@H](N)Cc1cn(C(=O)OCc2ccccc2)cn1. The summed E-state index contributed by atoms with van der Waals surface area (Å²) >= 11 is 0. The molecular weight excluding hydrogens is 420 g/mol. The summed E-state index contributed by atoms with van der Waals surface area (Å²) in [5.74, 6) is -1.66. The lowest BCUT2D eigenvalue weighted by molar-refractivity contribution is -0.142. The number of esters is 1. The number of carbonyl (C=O) groups excluding carboxylic acids is 4. The minimum Gasteiger partial charge on any atom is -0.444 e. The molecule has 1 aromatic heterocycles. The highest BCUT2D eigenvalue weighted by molar-refractivity contribution is 5.88. The number of benzene rings is 1. The van der Waals surface area contributed by atoms with Gasteiger partial charge in [-0.15, -0.1) is 0 Å². The van der Waals surface area contributed by atoms with Gasteiger partial charge in [0.1, 0.15) is 25.1 Å². The summed E-state index contributed by atoms with van der Waals surface area (Å²) in [6.45, 7) is 4.39. The highest BCUT2D eigenvalue weighted by Crippen LogP contribution is 2.08. The van der Waals surface area contributed by atoms with Crippen molar-refractivity contribution in [3.05, 3.63) is 54.1 Å². The number of aromatic nitrogens is 2. The van der Waals surface area contributed by atoms with Crippen LogP contribution in [-0.2, 0) is 36.8 Å². The third kappa shape index (κ3) is 8.56. The van der Waals surface area contributed by atoms with Gasteiger partial charge in [0.25, 0.3) is 0 Å². The molecule has 0 bridgehead atoms. The van der Waals surface area contributed by atoms with Crippen LogP contribution in [0.3, 0.4) is 0 Å². The van der Waals surface area contributed by atoms with Gasteiger partial charge in [-0.2, -0.15) is 0 Å². The fraction of sp³-hybridized carbons (Fsp3) is 0.381. The van der Waals surface area contributed by atoms with Crippen LogP contribution >= 0.6 is 0 Å². The van der Waals surface area contributed by atoms with Gasteiger partial charge in [0.05, 0.1) is 11.7 Å². The molecule has 11 heteroatoms. The van der Waals surface area contributed by atoms with E-state index in [1.807, 2.05) is 30.3 Å². The Labute approximate surface area is 184 Å². The summed E-state index contributed by atoms with van der Waals surface area (Å²) in [7, 11) is 0. The number of nitrogens with zero attached hydrogens (tertiary/aromatic N) is 2. The van der Waals surface area contributed by atoms with E-state index in [1.54, 1.807) is 20.8 Å². The van der Waals surface area contributed by atoms with Gasteiger partial charge in [-0.25, -0.2) is 23.9 Å². The second-order valence-electron chi connectivity index (χ2n) is 7.78. The van der Waals surface area contributed by atoms with E-state index in [0.717, 1.165) is 10.1 Å². The van der Waals surface area contributed by atoms with Crippen molar-refractivity contribution in [1.29, 1.82) is 0 Å². The van der Waals surface area contributed by atoms with Crippen molar-refractivity contribution in [3.63, 3.8) is 0 Å². The zero-order valence-corrected chi connectivity index (χ0v) is 18.1. The van der Waals surface area contributed by atoms with Crippen LogP contribution in [0, 0.1) is 0 Å². The van der Waals surface area contributed by atoms with Crippen molar-refractivity contribution in [2.24, 2.45) is 5.73 Å². The van der Waals surface area contributed by atoms with Crippen molar-refractivity contribution in [2.75, 3.05) is 6.54 Å². The van der Waals surface area contributed by atoms with Crippen LogP contribution in [0.15, 0.2) is 42.9 Å². The first-order chi connectivity index (χ1) is 15.0. The Morgan fingerprint density at radius 3 is 2.50 bits per heavy atom. The first-order valence-corrected chi connectivity index (χ1v) is 9.74. The van der Waals surface area contributed by atoms with Crippen LogP contribution in [0.2, 0.25) is 0 Å². The largest absolute Gasteiger partial charge is 0.516 e. The molecule has 0 fully saturated rings. The third-order valence-electron chi connectivity index (χ3n) is 3.81.